The first-order valence-corrected chi connectivity index (χ1v) is 6.63. The molecule has 0 heterocycles. The average Bonchev–Trinajstić information content (AvgIpc) is 2.29. The van der Waals surface area contributed by atoms with Crippen LogP contribution in [0.15, 0.2) is 41.3 Å². The highest BCUT2D eigenvalue weighted by Gasteiger charge is 2.15. The van der Waals surface area contributed by atoms with E-state index in [9.17, 15) is 13.2 Å². The topological polar surface area (TPSA) is 72.5 Å². The fourth-order valence-corrected chi connectivity index (χ4v) is 1.92. The van der Waals surface area contributed by atoms with Crippen LogP contribution in [-0.2, 0) is 19.1 Å². The maximum atomic E-state index is 11.7. The smallest absolute Gasteiger partial charge is 0.298 e. The van der Waals surface area contributed by atoms with Crippen molar-refractivity contribution in [3.63, 3.8) is 0 Å². The summed E-state index contributed by atoms with van der Waals surface area (Å²) in [6.45, 7) is 6.38. The minimum atomic E-state index is -3.84. The van der Waals surface area contributed by atoms with Crippen molar-refractivity contribution in [1.82, 2.24) is 5.32 Å². The molecule has 1 amide bonds. The Bertz CT molecular complexity index is 546. The minimum Gasteiger partial charge on any atom is -0.328 e. The Labute approximate surface area is 107 Å². The zero-order chi connectivity index (χ0) is 13.8. The minimum absolute atomic E-state index is 0.0534. The van der Waals surface area contributed by atoms with E-state index in [2.05, 4.69) is 16.1 Å². The van der Waals surface area contributed by atoms with Crippen molar-refractivity contribution in [2.24, 2.45) is 0 Å². The molecule has 6 heteroatoms. The molecule has 0 aliphatic carbocycles. The molecule has 0 aliphatic rings. The fourth-order valence-electron chi connectivity index (χ4n) is 1.10. The lowest BCUT2D eigenvalue weighted by Gasteiger charge is -2.07. The number of carbonyl (C=O) groups excluding carboxylic acids is 1. The summed E-state index contributed by atoms with van der Waals surface area (Å²) in [5.41, 5.74) is 1.23. The van der Waals surface area contributed by atoms with Crippen molar-refractivity contribution in [2.45, 2.75) is 18.7 Å². The van der Waals surface area contributed by atoms with E-state index in [1.54, 1.807) is 12.1 Å². The van der Waals surface area contributed by atoms with Gasteiger partial charge in [-0.2, -0.15) is 8.42 Å². The number of hydrogen-bond donors (Lipinski definition) is 1. The van der Waals surface area contributed by atoms with Crippen LogP contribution in [0.5, 0.6) is 0 Å². The van der Waals surface area contributed by atoms with E-state index in [-0.39, 0.29) is 10.5 Å². The van der Waals surface area contributed by atoms with Crippen LogP contribution >= 0.6 is 0 Å². The zero-order valence-electron chi connectivity index (χ0n) is 10.3. The van der Waals surface area contributed by atoms with Gasteiger partial charge in [-0.15, -0.1) is 0 Å². The van der Waals surface area contributed by atoms with Gasteiger partial charge in [-0.1, -0.05) is 24.3 Å². The van der Waals surface area contributed by atoms with Crippen molar-refractivity contribution in [3.8, 4) is 0 Å². The van der Waals surface area contributed by atoms with Crippen LogP contribution < -0.4 is 5.32 Å². The molecule has 0 unspecified atom stereocenters. The van der Waals surface area contributed by atoms with Crippen LogP contribution in [0.25, 0.3) is 0 Å². The summed E-state index contributed by atoms with van der Waals surface area (Å²) in [7, 11) is -3.84. The van der Waals surface area contributed by atoms with Gasteiger partial charge in [0.25, 0.3) is 10.1 Å². The largest absolute Gasteiger partial charge is 0.328 e. The summed E-state index contributed by atoms with van der Waals surface area (Å²) < 4.78 is 28.1. The Morgan fingerprint density at radius 3 is 2.39 bits per heavy atom. The monoisotopic (exact) mass is 269 g/mol. The number of aryl methyl sites for hydroxylation is 1. The van der Waals surface area contributed by atoms with Gasteiger partial charge in [0.05, 0.1) is 4.90 Å². The molecule has 18 heavy (non-hydrogen) atoms. The number of carbonyl (C=O) groups is 1. The predicted octanol–water partition coefficient (Wildman–Crippen LogP) is 1.35. The van der Waals surface area contributed by atoms with Gasteiger partial charge in [-0.05, 0) is 26.0 Å². The molecule has 98 valence electrons. The normalized spacial score (nSPS) is 11.0. The van der Waals surface area contributed by atoms with Gasteiger partial charge >= 0.3 is 0 Å². The van der Waals surface area contributed by atoms with Gasteiger partial charge in [0.15, 0.2) is 0 Å². The molecule has 0 aliphatic heterocycles. The lowest BCUT2D eigenvalue weighted by atomic mass is 10.2. The standard InChI is InChI=1S/C12H15NO4S/c1-9(2)12(14)13-8-17-18(15,16)11-6-4-10(3)5-7-11/h4-7H,1,8H2,2-3H3,(H,13,14). The van der Waals surface area contributed by atoms with Gasteiger partial charge in [-0.25, -0.2) is 4.18 Å². The van der Waals surface area contributed by atoms with E-state index in [0.717, 1.165) is 5.56 Å². The van der Waals surface area contributed by atoms with Crippen molar-refractivity contribution < 1.29 is 17.4 Å². The molecule has 0 bridgehead atoms. The molecule has 0 fully saturated rings. The van der Waals surface area contributed by atoms with Crippen molar-refractivity contribution in [2.75, 3.05) is 6.73 Å². The third-order valence-corrected chi connectivity index (χ3v) is 3.42. The van der Waals surface area contributed by atoms with E-state index >= 15 is 0 Å². The summed E-state index contributed by atoms with van der Waals surface area (Å²) in [5, 5.41) is 2.28. The van der Waals surface area contributed by atoms with Crippen LogP contribution in [-0.4, -0.2) is 21.1 Å². The summed E-state index contributed by atoms with van der Waals surface area (Å²) >= 11 is 0. The highest BCUT2D eigenvalue weighted by atomic mass is 32.2. The Morgan fingerprint density at radius 1 is 1.33 bits per heavy atom. The third kappa shape index (κ3) is 3.97. The van der Waals surface area contributed by atoms with Crippen molar-refractivity contribution >= 4 is 16.0 Å². The molecule has 1 rings (SSSR count). The quantitative estimate of drug-likeness (QED) is 0.497. The Kier molecular flexibility index (Phi) is 4.63. The van der Waals surface area contributed by atoms with Crippen LogP contribution in [0.4, 0.5) is 0 Å². The molecule has 5 nitrogen and oxygen atoms in total. The first-order valence-electron chi connectivity index (χ1n) is 5.23. The maximum absolute atomic E-state index is 11.7. The lowest BCUT2D eigenvalue weighted by molar-refractivity contribution is -0.118. The molecule has 1 N–H and O–H groups in total. The second-order valence-corrected chi connectivity index (χ2v) is 5.43. The molecule has 0 atom stereocenters. The van der Waals surface area contributed by atoms with Crippen LogP contribution in [0, 0.1) is 6.92 Å². The molecule has 1 aromatic carbocycles. The predicted molar refractivity (Wildman–Crippen MR) is 67.3 cm³/mol. The highest BCUT2D eigenvalue weighted by molar-refractivity contribution is 7.86. The Morgan fingerprint density at radius 2 is 1.89 bits per heavy atom. The third-order valence-electron chi connectivity index (χ3n) is 2.14. The number of benzene rings is 1. The summed E-state index contributed by atoms with van der Waals surface area (Å²) in [6, 6.07) is 6.24. The van der Waals surface area contributed by atoms with Gasteiger partial charge in [0.2, 0.25) is 5.91 Å². The summed E-state index contributed by atoms with van der Waals surface area (Å²) in [5.74, 6) is -0.450. The van der Waals surface area contributed by atoms with Gasteiger partial charge < -0.3 is 5.32 Å². The number of nitrogens with one attached hydrogen (secondary N) is 1. The number of amides is 1. The number of rotatable bonds is 5. The van der Waals surface area contributed by atoms with Crippen LogP contribution in [0.2, 0.25) is 0 Å². The van der Waals surface area contributed by atoms with E-state index in [1.165, 1.54) is 19.1 Å². The summed E-state index contributed by atoms with van der Waals surface area (Å²) in [6.07, 6.45) is 0. The molecular formula is C12H15NO4S. The molecule has 0 radical (unpaired) electrons. The maximum Gasteiger partial charge on any atom is 0.298 e. The molecule has 0 aromatic heterocycles. The van der Waals surface area contributed by atoms with Gasteiger partial charge in [-0.3, -0.25) is 4.79 Å². The molecule has 0 spiro atoms. The average molecular weight is 269 g/mol. The molecule has 0 saturated heterocycles. The first-order chi connectivity index (χ1) is 8.33. The first kappa shape index (κ1) is 14.4. The molecule has 1 aromatic rings. The lowest BCUT2D eigenvalue weighted by Crippen LogP contribution is -2.28. The molecular weight excluding hydrogens is 254 g/mol. The Hall–Kier alpha value is -1.66. The van der Waals surface area contributed by atoms with Gasteiger partial charge in [0.1, 0.15) is 6.73 Å². The highest BCUT2D eigenvalue weighted by Crippen LogP contribution is 2.12. The van der Waals surface area contributed by atoms with Crippen LogP contribution in [0.1, 0.15) is 12.5 Å². The van der Waals surface area contributed by atoms with E-state index < -0.39 is 22.8 Å². The second kappa shape index (κ2) is 5.79. The van der Waals surface area contributed by atoms with E-state index in [0.29, 0.717) is 0 Å². The van der Waals surface area contributed by atoms with Crippen molar-refractivity contribution in [3.05, 3.63) is 42.0 Å². The van der Waals surface area contributed by atoms with E-state index in [4.69, 9.17) is 0 Å². The Balaban J connectivity index is 2.63. The van der Waals surface area contributed by atoms with Crippen molar-refractivity contribution in [1.29, 1.82) is 0 Å². The fraction of sp³-hybridized carbons (Fsp3) is 0.250. The summed E-state index contributed by atoms with van der Waals surface area (Å²) in [4.78, 5) is 11.2. The SMILES string of the molecule is C=C(C)C(=O)NCOS(=O)(=O)c1ccc(C)cc1. The van der Waals surface area contributed by atoms with Crippen LogP contribution in [0.3, 0.4) is 0 Å². The second-order valence-electron chi connectivity index (χ2n) is 3.82. The molecule has 0 saturated carbocycles. The number of hydrogen-bond acceptors (Lipinski definition) is 4. The van der Waals surface area contributed by atoms with Gasteiger partial charge in [0, 0.05) is 5.57 Å². The zero-order valence-corrected chi connectivity index (χ0v) is 11.1. The van der Waals surface area contributed by atoms with E-state index in [1.807, 2.05) is 6.92 Å².